The van der Waals surface area contributed by atoms with E-state index in [4.69, 9.17) is 10.3 Å². The minimum absolute atomic E-state index is 0.0172. The molecule has 1 heterocycles. The zero-order valence-electron chi connectivity index (χ0n) is 9.51. The summed E-state index contributed by atoms with van der Waals surface area (Å²) in [5, 5.41) is 14.5. The number of nitrogen functional groups attached to an aromatic ring is 1. The van der Waals surface area contributed by atoms with E-state index in [1.165, 1.54) is 12.1 Å². The number of nitro groups is 1. The van der Waals surface area contributed by atoms with Crippen molar-refractivity contribution in [3.05, 3.63) is 38.3 Å². The first-order valence-corrected chi connectivity index (χ1v) is 6.01. The van der Waals surface area contributed by atoms with Gasteiger partial charge in [-0.05, 0) is 12.5 Å². The number of nitrogens with two attached hydrogens (primary N) is 1. The molecule has 1 aromatic carbocycles. The van der Waals surface area contributed by atoms with Crippen molar-refractivity contribution in [2.24, 2.45) is 0 Å². The molecule has 0 saturated carbocycles. The Morgan fingerprint density at radius 3 is 2.83 bits per heavy atom. The van der Waals surface area contributed by atoms with E-state index in [2.05, 4.69) is 21.1 Å². The van der Waals surface area contributed by atoms with Crippen LogP contribution in [0.5, 0.6) is 0 Å². The Morgan fingerprint density at radius 1 is 1.50 bits per heavy atom. The number of aromatic nitrogens is 1. The molecule has 94 valence electrons. The summed E-state index contributed by atoms with van der Waals surface area (Å²) in [4.78, 5) is 10.4. The van der Waals surface area contributed by atoms with E-state index in [-0.39, 0.29) is 5.69 Å². The number of hydrogen-bond donors (Lipinski definition) is 1. The third kappa shape index (κ3) is 2.21. The molecule has 0 aliphatic rings. The van der Waals surface area contributed by atoms with E-state index < -0.39 is 4.92 Å². The lowest BCUT2D eigenvalue weighted by Crippen LogP contribution is -1.92. The quantitative estimate of drug-likeness (QED) is 0.694. The van der Waals surface area contributed by atoms with Gasteiger partial charge in [0.05, 0.1) is 4.92 Å². The van der Waals surface area contributed by atoms with Crippen LogP contribution in [0.25, 0.3) is 11.3 Å². The first-order chi connectivity index (χ1) is 8.52. The van der Waals surface area contributed by atoms with E-state index >= 15 is 0 Å². The number of nitro benzene ring substituents is 1. The van der Waals surface area contributed by atoms with E-state index in [9.17, 15) is 10.1 Å². The number of non-ortho nitro benzene ring substituents is 1. The number of halogens is 1. The van der Waals surface area contributed by atoms with Crippen LogP contribution in [0.15, 0.2) is 27.2 Å². The zero-order chi connectivity index (χ0) is 13.3. The molecule has 6 nitrogen and oxygen atoms in total. The minimum Gasteiger partial charge on any atom is -0.381 e. The van der Waals surface area contributed by atoms with Gasteiger partial charge in [0, 0.05) is 27.7 Å². The number of nitrogens with zero attached hydrogens (tertiary/aromatic N) is 2. The van der Waals surface area contributed by atoms with Crippen molar-refractivity contribution in [2.45, 2.75) is 13.3 Å². The minimum atomic E-state index is -0.459. The van der Waals surface area contributed by atoms with Crippen molar-refractivity contribution in [1.29, 1.82) is 0 Å². The summed E-state index contributed by atoms with van der Waals surface area (Å²) in [6.45, 7) is 1.92. The van der Waals surface area contributed by atoms with Crippen LogP contribution in [0.4, 0.5) is 11.5 Å². The summed E-state index contributed by atoms with van der Waals surface area (Å²) < 4.78 is 5.74. The predicted octanol–water partition coefficient (Wildman–Crippen LogP) is 3.16. The Hall–Kier alpha value is -1.89. The molecule has 2 N–H and O–H groups in total. The first-order valence-electron chi connectivity index (χ1n) is 5.22. The maximum Gasteiger partial charge on any atom is 0.271 e. The van der Waals surface area contributed by atoms with Crippen LogP contribution in [0.3, 0.4) is 0 Å². The molecule has 0 spiro atoms. The molecular weight excluding hydrogens is 302 g/mol. The van der Waals surface area contributed by atoms with E-state index in [0.717, 1.165) is 5.56 Å². The maximum absolute atomic E-state index is 10.8. The van der Waals surface area contributed by atoms with Crippen molar-refractivity contribution < 1.29 is 9.45 Å². The molecule has 0 unspecified atom stereocenters. The Kier molecular flexibility index (Phi) is 3.33. The van der Waals surface area contributed by atoms with Gasteiger partial charge in [-0.25, -0.2) is 0 Å². The molecule has 0 amide bonds. The summed E-state index contributed by atoms with van der Waals surface area (Å²) >= 11 is 3.23. The molecule has 0 bridgehead atoms. The molecule has 0 aliphatic heterocycles. The second-order valence-corrected chi connectivity index (χ2v) is 4.60. The number of hydrogen-bond acceptors (Lipinski definition) is 5. The smallest absolute Gasteiger partial charge is 0.271 e. The third-order valence-electron chi connectivity index (χ3n) is 2.53. The summed E-state index contributed by atoms with van der Waals surface area (Å²) in [5.41, 5.74) is 6.99. The first kappa shape index (κ1) is 12.6. The van der Waals surface area contributed by atoms with Crippen molar-refractivity contribution >= 4 is 27.4 Å². The van der Waals surface area contributed by atoms with Gasteiger partial charge in [-0.1, -0.05) is 28.0 Å². The van der Waals surface area contributed by atoms with Gasteiger partial charge in [-0.2, -0.15) is 0 Å². The summed E-state index contributed by atoms with van der Waals surface area (Å²) in [6, 6.07) is 4.59. The largest absolute Gasteiger partial charge is 0.381 e. The molecule has 0 fully saturated rings. The Balaban J connectivity index is 2.60. The molecule has 0 saturated heterocycles. The lowest BCUT2D eigenvalue weighted by atomic mass is 10.1. The fourth-order valence-corrected chi connectivity index (χ4v) is 2.18. The van der Waals surface area contributed by atoms with Crippen LogP contribution in [-0.4, -0.2) is 10.1 Å². The van der Waals surface area contributed by atoms with Crippen LogP contribution >= 0.6 is 15.9 Å². The van der Waals surface area contributed by atoms with Gasteiger partial charge in [0.25, 0.3) is 5.69 Å². The topological polar surface area (TPSA) is 95.2 Å². The average molecular weight is 312 g/mol. The van der Waals surface area contributed by atoms with Gasteiger partial charge >= 0.3 is 0 Å². The monoisotopic (exact) mass is 311 g/mol. The van der Waals surface area contributed by atoms with Crippen molar-refractivity contribution in [3.8, 4) is 11.3 Å². The van der Waals surface area contributed by atoms with Crippen LogP contribution in [0.2, 0.25) is 0 Å². The second kappa shape index (κ2) is 4.77. The SMILES string of the molecule is CCc1c(N)noc1-c1cc(Br)cc([N+](=O)[O-])c1. The molecule has 18 heavy (non-hydrogen) atoms. The highest BCUT2D eigenvalue weighted by molar-refractivity contribution is 9.10. The molecule has 2 rings (SSSR count). The Labute approximate surface area is 111 Å². The van der Waals surface area contributed by atoms with E-state index in [1.54, 1.807) is 6.07 Å². The van der Waals surface area contributed by atoms with Crippen molar-refractivity contribution in [2.75, 3.05) is 5.73 Å². The van der Waals surface area contributed by atoms with Gasteiger partial charge in [-0.3, -0.25) is 10.1 Å². The number of anilines is 1. The van der Waals surface area contributed by atoms with Crippen LogP contribution in [-0.2, 0) is 6.42 Å². The van der Waals surface area contributed by atoms with Crippen molar-refractivity contribution in [3.63, 3.8) is 0 Å². The van der Waals surface area contributed by atoms with Gasteiger partial charge in [0.2, 0.25) is 0 Å². The molecular formula is C11H10BrN3O3. The lowest BCUT2D eigenvalue weighted by Gasteiger charge is -2.01. The van der Waals surface area contributed by atoms with Gasteiger partial charge < -0.3 is 10.3 Å². The van der Waals surface area contributed by atoms with Gasteiger partial charge in [0.1, 0.15) is 0 Å². The molecule has 0 atom stereocenters. The molecule has 1 aromatic heterocycles. The van der Waals surface area contributed by atoms with Crippen LogP contribution in [0, 0.1) is 10.1 Å². The fraction of sp³-hybridized carbons (Fsp3) is 0.182. The Bertz CT molecular complexity index is 610. The Morgan fingerprint density at radius 2 is 2.22 bits per heavy atom. The molecule has 0 aliphatic carbocycles. The van der Waals surface area contributed by atoms with Gasteiger partial charge in [0.15, 0.2) is 11.6 Å². The number of benzene rings is 1. The predicted molar refractivity (Wildman–Crippen MR) is 70.1 cm³/mol. The fourth-order valence-electron chi connectivity index (χ4n) is 1.70. The summed E-state index contributed by atoms with van der Waals surface area (Å²) in [6.07, 6.45) is 0.644. The molecule has 0 radical (unpaired) electrons. The third-order valence-corrected chi connectivity index (χ3v) is 2.99. The van der Waals surface area contributed by atoms with E-state index in [0.29, 0.717) is 28.0 Å². The van der Waals surface area contributed by atoms with Crippen LogP contribution < -0.4 is 5.73 Å². The molecule has 2 aromatic rings. The highest BCUT2D eigenvalue weighted by atomic mass is 79.9. The van der Waals surface area contributed by atoms with Crippen molar-refractivity contribution in [1.82, 2.24) is 5.16 Å². The van der Waals surface area contributed by atoms with Crippen LogP contribution in [0.1, 0.15) is 12.5 Å². The highest BCUT2D eigenvalue weighted by Gasteiger charge is 2.17. The maximum atomic E-state index is 10.8. The average Bonchev–Trinajstić information content (AvgIpc) is 2.69. The number of rotatable bonds is 3. The highest BCUT2D eigenvalue weighted by Crippen LogP contribution is 2.33. The van der Waals surface area contributed by atoms with Gasteiger partial charge in [-0.15, -0.1) is 0 Å². The summed E-state index contributed by atoms with van der Waals surface area (Å²) in [5.74, 6) is 0.787. The summed E-state index contributed by atoms with van der Waals surface area (Å²) in [7, 11) is 0. The lowest BCUT2D eigenvalue weighted by molar-refractivity contribution is -0.384. The van der Waals surface area contributed by atoms with E-state index in [1.807, 2.05) is 6.92 Å². The normalized spacial score (nSPS) is 10.6. The molecule has 7 heteroatoms. The zero-order valence-corrected chi connectivity index (χ0v) is 11.1. The standard InChI is InChI=1S/C11H10BrN3O3/c1-2-9-10(18-14-11(9)13)6-3-7(12)5-8(4-6)15(16)17/h3-5H,2H2,1H3,(H2,13,14). The second-order valence-electron chi connectivity index (χ2n) is 3.68.